The number of likely N-dealkylation sites (tertiary alicyclic amines) is 1. The number of nitrogens with one attached hydrogen (secondary N) is 1. The van der Waals surface area contributed by atoms with E-state index in [0.717, 1.165) is 38.2 Å². The van der Waals surface area contributed by atoms with Crippen molar-refractivity contribution in [1.29, 1.82) is 0 Å². The maximum Gasteiger partial charge on any atom is 0.123 e. The molecule has 2 fully saturated rings. The summed E-state index contributed by atoms with van der Waals surface area (Å²) in [6.45, 7) is 6.15. The van der Waals surface area contributed by atoms with Crippen molar-refractivity contribution in [3.8, 4) is 0 Å². The number of halogens is 1. The number of rotatable bonds is 6. The molecular weight excluding hydrogens is 267 g/mol. The Morgan fingerprint density at radius 3 is 2.76 bits per heavy atom. The molecule has 3 nitrogen and oxygen atoms in total. The summed E-state index contributed by atoms with van der Waals surface area (Å²) < 4.78 is 19.3. The molecule has 1 aromatic carbocycles. The van der Waals surface area contributed by atoms with Gasteiger partial charge in [-0.2, -0.15) is 0 Å². The van der Waals surface area contributed by atoms with Gasteiger partial charge in [0.1, 0.15) is 5.82 Å². The number of morpholine rings is 1. The van der Waals surface area contributed by atoms with Crippen molar-refractivity contribution in [2.75, 3.05) is 26.2 Å². The summed E-state index contributed by atoms with van der Waals surface area (Å²) in [4.78, 5) is 2.51. The first-order chi connectivity index (χ1) is 10.2. The van der Waals surface area contributed by atoms with E-state index in [9.17, 15) is 4.39 Å². The van der Waals surface area contributed by atoms with Crippen molar-refractivity contribution < 1.29 is 9.13 Å². The Bertz CT molecular complexity index is 456. The highest BCUT2D eigenvalue weighted by atomic mass is 19.1. The van der Waals surface area contributed by atoms with Gasteiger partial charge in [0.15, 0.2) is 0 Å². The van der Waals surface area contributed by atoms with Gasteiger partial charge in [-0.3, -0.25) is 4.90 Å². The minimum Gasteiger partial charge on any atom is -0.372 e. The maximum atomic E-state index is 13.4. The second-order valence-electron chi connectivity index (χ2n) is 6.17. The van der Waals surface area contributed by atoms with Crippen LogP contribution >= 0.6 is 0 Å². The summed E-state index contributed by atoms with van der Waals surface area (Å²) in [6, 6.07) is 7.19. The number of fused-ring (bicyclic) bond motifs is 2. The molecule has 116 valence electrons. The van der Waals surface area contributed by atoms with E-state index in [1.54, 1.807) is 12.1 Å². The van der Waals surface area contributed by atoms with Crippen LogP contribution in [0.3, 0.4) is 0 Å². The van der Waals surface area contributed by atoms with Gasteiger partial charge >= 0.3 is 0 Å². The maximum absolute atomic E-state index is 13.4. The molecule has 21 heavy (non-hydrogen) atoms. The first kappa shape index (κ1) is 14.9. The third kappa shape index (κ3) is 3.82. The van der Waals surface area contributed by atoms with Crippen molar-refractivity contribution in [3.63, 3.8) is 0 Å². The van der Waals surface area contributed by atoms with Crippen LogP contribution in [0.15, 0.2) is 24.3 Å². The van der Waals surface area contributed by atoms with E-state index in [4.69, 9.17) is 4.74 Å². The summed E-state index contributed by atoms with van der Waals surface area (Å²) in [5.74, 6) is -0.153. The average Bonchev–Trinajstić information content (AvgIpc) is 2.82. The normalized spacial score (nSPS) is 27.0. The van der Waals surface area contributed by atoms with E-state index in [-0.39, 0.29) is 11.9 Å². The Morgan fingerprint density at radius 2 is 2.10 bits per heavy atom. The van der Waals surface area contributed by atoms with Crippen LogP contribution in [0, 0.1) is 5.82 Å². The van der Waals surface area contributed by atoms with Crippen molar-refractivity contribution in [2.45, 2.75) is 44.4 Å². The fraction of sp³-hybridized carbons (Fsp3) is 0.647. The Kier molecular flexibility index (Phi) is 4.88. The Balaban J connectivity index is 1.58. The highest BCUT2D eigenvalue weighted by Gasteiger charge is 2.33. The molecule has 0 aliphatic carbocycles. The summed E-state index contributed by atoms with van der Waals surface area (Å²) in [7, 11) is 0. The van der Waals surface area contributed by atoms with Gasteiger partial charge in [0.05, 0.1) is 12.2 Å². The SMILES string of the molecule is CCNC(CCN1CC2CCC(C1)O2)c1cccc(F)c1. The van der Waals surface area contributed by atoms with E-state index >= 15 is 0 Å². The van der Waals surface area contributed by atoms with Crippen molar-refractivity contribution in [3.05, 3.63) is 35.6 Å². The number of hydrogen-bond donors (Lipinski definition) is 1. The third-order valence-electron chi connectivity index (χ3n) is 4.55. The largest absolute Gasteiger partial charge is 0.372 e. The molecule has 0 aromatic heterocycles. The number of hydrogen-bond acceptors (Lipinski definition) is 3. The van der Waals surface area contributed by atoms with Crippen LogP contribution in [0.1, 0.15) is 37.8 Å². The van der Waals surface area contributed by atoms with Gasteiger partial charge < -0.3 is 10.1 Å². The van der Waals surface area contributed by atoms with Crippen LogP contribution < -0.4 is 5.32 Å². The molecule has 2 aliphatic rings. The third-order valence-corrected chi connectivity index (χ3v) is 4.55. The molecule has 3 atom stereocenters. The van der Waals surface area contributed by atoms with Gasteiger partial charge in [0.25, 0.3) is 0 Å². The Labute approximate surface area is 126 Å². The molecule has 2 aliphatic heterocycles. The molecule has 3 rings (SSSR count). The molecule has 0 radical (unpaired) electrons. The Hall–Kier alpha value is -0.970. The zero-order valence-corrected chi connectivity index (χ0v) is 12.7. The van der Waals surface area contributed by atoms with Crippen LogP contribution in [-0.4, -0.2) is 43.3 Å². The standard InChI is InChI=1S/C17H25FN2O/c1-2-19-17(13-4-3-5-14(18)10-13)8-9-20-11-15-6-7-16(12-20)21-15/h3-5,10,15-17,19H,2,6-9,11-12H2,1H3. The fourth-order valence-corrected chi connectivity index (χ4v) is 3.55. The van der Waals surface area contributed by atoms with Crippen LogP contribution in [0.2, 0.25) is 0 Å². The second-order valence-corrected chi connectivity index (χ2v) is 6.17. The van der Waals surface area contributed by atoms with Gasteiger partial charge in [-0.15, -0.1) is 0 Å². The number of benzene rings is 1. The topological polar surface area (TPSA) is 24.5 Å². The summed E-state index contributed by atoms with van der Waals surface area (Å²) in [5.41, 5.74) is 1.05. The number of nitrogens with zero attached hydrogens (tertiary/aromatic N) is 1. The van der Waals surface area contributed by atoms with Gasteiger partial charge in [0.2, 0.25) is 0 Å². The molecule has 3 unspecified atom stereocenters. The molecule has 0 spiro atoms. The summed E-state index contributed by atoms with van der Waals surface area (Å²) in [5, 5.41) is 3.48. The molecule has 4 heteroatoms. The Morgan fingerprint density at radius 1 is 1.33 bits per heavy atom. The lowest BCUT2D eigenvalue weighted by molar-refractivity contribution is -0.0390. The lowest BCUT2D eigenvalue weighted by atomic mass is 10.0. The van der Waals surface area contributed by atoms with E-state index < -0.39 is 0 Å². The molecule has 0 saturated carbocycles. The lowest BCUT2D eigenvalue weighted by Crippen LogP contribution is -2.43. The minimum absolute atomic E-state index is 0.153. The molecule has 1 N–H and O–H groups in total. The first-order valence-corrected chi connectivity index (χ1v) is 8.11. The van der Waals surface area contributed by atoms with Gasteiger partial charge in [-0.1, -0.05) is 19.1 Å². The van der Waals surface area contributed by atoms with Gasteiger partial charge in [0, 0.05) is 25.7 Å². The average molecular weight is 292 g/mol. The summed E-state index contributed by atoms with van der Waals surface area (Å²) >= 11 is 0. The molecule has 2 saturated heterocycles. The predicted octanol–water partition coefficient (Wildman–Crippen LogP) is 2.73. The minimum atomic E-state index is -0.153. The monoisotopic (exact) mass is 292 g/mol. The molecule has 2 heterocycles. The highest BCUT2D eigenvalue weighted by molar-refractivity contribution is 5.20. The quantitative estimate of drug-likeness (QED) is 0.872. The molecule has 1 aromatic rings. The van der Waals surface area contributed by atoms with Crippen molar-refractivity contribution in [2.24, 2.45) is 0 Å². The molecule has 0 amide bonds. The zero-order valence-electron chi connectivity index (χ0n) is 12.7. The van der Waals surface area contributed by atoms with Crippen LogP contribution in [0.4, 0.5) is 4.39 Å². The van der Waals surface area contributed by atoms with E-state index in [2.05, 4.69) is 17.1 Å². The summed E-state index contributed by atoms with van der Waals surface area (Å²) in [6.07, 6.45) is 4.31. The zero-order chi connectivity index (χ0) is 14.7. The van der Waals surface area contributed by atoms with E-state index in [1.165, 1.54) is 18.9 Å². The first-order valence-electron chi connectivity index (χ1n) is 8.11. The van der Waals surface area contributed by atoms with Crippen LogP contribution in [0.5, 0.6) is 0 Å². The molecular formula is C17H25FN2O. The van der Waals surface area contributed by atoms with Crippen LogP contribution in [-0.2, 0) is 4.74 Å². The van der Waals surface area contributed by atoms with E-state index in [0.29, 0.717) is 12.2 Å². The van der Waals surface area contributed by atoms with Crippen LogP contribution in [0.25, 0.3) is 0 Å². The smallest absolute Gasteiger partial charge is 0.123 e. The molecule has 2 bridgehead atoms. The van der Waals surface area contributed by atoms with E-state index in [1.807, 2.05) is 6.07 Å². The van der Waals surface area contributed by atoms with Crippen molar-refractivity contribution >= 4 is 0 Å². The lowest BCUT2D eigenvalue weighted by Gasteiger charge is -2.33. The van der Waals surface area contributed by atoms with Gasteiger partial charge in [-0.25, -0.2) is 4.39 Å². The fourth-order valence-electron chi connectivity index (χ4n) is 3.55. The van der Waals surface area contributed by atoms with Crippen molar-refractivity contribution in [1.82, 2.24) is 10.2 Å². The second kappa shape index (κ2) is 6.86. The predicted molar refractivity (Wildman–Crippen MR) is 81.8 cm³/mol. The number of ether oxygens (including phenoxy) is 1. The highest BCUT2D eigenvalue weighted by Crippen LogP contribution is 2.27. The van der Waals surface area contributed by atoms with Gasteiger partial charge in [-0.05, 0) is 43.5 Å².